The molecule has 0 radical (unpaired) electrons. The number of benzene rings is 4. The normalized spacial score (nSPS) is 11.9. The van der Waals surface area contributed by atoms with Crippen LogP contribution < -0.4 is 4.72 Å². The molecule has 0 saturated carbocycles. The molecular weight excluding hydrogens is 520 g/mol. The molecule has 0 fully saturated rings. The Balaban J connectivity index is 1.31. The van der Waals surface area contributed by atoms with Gasteiger partial charge in [-0.1, -0.05) is 66.2 Å². The molecule has 0 saturated heterocycles. The van der Waals surface area contributed by atoms with Crippen LogP contribution in [0, 0.1) is 24.2 Å². The van der Waals surface area contributed by atoms with Gasteiger partial charge in [0.15, 0.2) is 0 Å². The van der Waals surface area contributed by atoms with E-state index in [9.17, 15) is 18.3 Å². The number of nitrogens with one attached hydrogen (secondary N) is 1. The van der Waals surface area contributed by atoms with Crippen molar-refractivity contribution in [3.05, 3.63) is 119 Å². The van der Waals surface area contributed by atoms with Crippen molar-refractivity contribution in [1.82, 2.24) is 0 Å². The Morgan fingerprint density at radius 2 is 1.57 bits per heavy atom. The van der Waals surface area contributed by atoms with Gasteiger partial charge in [-0.25, -0.2) is 8.42 Å². The fraction of sp³-hybridized carbons (Fsp3) is 0.212. The molecule has 40 heavy (non-hydrogen) atoms. The van der Waals surface area contributed by atoms with Gasteiger partial charge in [-0.15, -0.1) is 0 Å². The van der Waals surface area contributed by atoms with E-state index in [0.29, 0.717) is 43.4 Å². The van der Waals surface area contributed by atoms with Crippen molar-refractivity contribution in [1.29, 1.82) is 5.26 Å². The third kappa shape index (κ3) is 7.81. The first-order valence-electron chi connectivity index (χ1n) is 13.2. The highest BCUT2D eigenvalue weighted by Crippen LogP contribution is 2.24. The number of anilines is 1. The molecule has 0 amide bonds. The van der Waals surface area contributed by atoms with E-state index in [-0.39, 0.29) is 4.90 Å². The van der Waals surface area contributed by atoms with Gasteiger partial charge in [0.2, 0.25) is 0 Å². The quantitative estimate of drug-likeness (QED) is 0.197. The Labute approximate surface area is 236 Å². The van der Waals surface area contributed by atoms with Crippen molar-refractivity contribution in [3.63, 3.8) is 0 Å². The highest BCUT2D eigenvalue weighted by atomic mass is 32.2. The molecule has 0 aromatic heterocycles. The lowest BCUT2D eigenvalue weighted by Crippen LogP contribution is -2.15. The summed E-state index contributed by atoms with van der Waals surface area (Å²) >= 11 is 0. The maximum atomic E-state index is 12.9. The summed E-state index contributed by atoms with van der Waals surface area (Å²) in [5.74, 6) is -1.30. The van der Waals surface area contributed by atoms with Crippen LogP contribution in [0.5, 0.6) is 0 Å². The summed E-state index contributed by atoms with van der Waals surface area (Å²) in [6.07, 6.45) is 2.91. The van der Waals surface area contributed by atoms with Gasteiger partial charge in [-0.2, -0.15) is 5.26 Å². The first-order valence-corrected chi connectivity index (χ1v) is 14.7. The Hall–Kier alpha value is -4.41. The molecule has 4 rings (SSSR count). The number of carboxylic acid groups (broad SMARTS) is 1. The molecule has 204 valence electrons. The number of nitriles is 1. The number of aryl methyl sites for hydroxylation is 3. The second-order valence-corrected chi connectivity index (χ2v) is 11.7. The summed E-state index contributed by atoms with van der Waals surface area (Å²) in [5.41, 5.74) is 6.05. The zero-order chi connectivity index (χ0) is 28.5. The number of nitrogens with zero attached hydrogens (tertiary/aromatic N) is 1. The predicted octanol–water partition coefficient (Wildman–Crippen LogP) is 6.99. The van der Waals surface area contributed by atoms with Crippen LogP contribution in [0.2, 0.25) is 0 Å². The van der Waals surface area contributed by atoms with Gasteiger partial charge >= 0.3 is 5.97 Å². The molecule has 1 atom stereocenters. The molecular formula is C33H32N2O4S. The van der Waals surface area contributed by atoms with Crippen LogP contribution in [-0.2, 0) is 27.7 Å². The molecule has 4 aromatic carbocycles. The number of carboxylic acids is 1. The summed E-state index contributed by atoms with van der Waals surface area (Å²) in [7, 11) is -3.73. The minimum Gasteiger partial charge on any atom is -0.481 e. The summed E-state index contributed by atoms with van der Waals surface area (Å²) in [4.78, 5) is 12.1. The van der Waals surface area contributed by atoms with Crippen molar-refractivity contribution in [2.24, 2.45) is 5.92 Å². The smallest absolute Gasteiger partial charge is 0.306 e. The van der Waals surface area contributed by atoms with E-state index in [0.717, 1.165) is 27.8 Å². The van der Waals surface area contributed by atoms with Crippen molar-refractivity contribution < 1.29 is 18.3 Å². The molecule has 0 aliphatic carbocycles. The average Bonchev–Trinajstić information content (AvgIpc) is 2.96. The lowest BCUT2D eigenvalue weighted by Gasteiger charge is -2.13. The lowest BCUT2D eigenvalue weighted by atomic mass is 9.93. The van der Waals surface area contributed by atoms with Crippen LogP contribution in [0.1, 0.15) is 41.5 Å². The summed E-state index contributed by atoms with van der Waals surface area (Å²) in [6.45, 7) is 1.94. The van der Waals surface area contributed by atoms with Crippen LogP contribution in [0.25, 0.3) is 11.1 Å². The lowest BCUT2D eigenvalue weighted by molar-refractivity contribution is -0.142. The fourth-order valence-electron chi connectivity index (χ4n) is 4.62. The van der Waals surface area contributed by atoms with Gasteiger partial charge < -0.3 is 5.11 Å². The minimum atomic E-state index is -3.73. The number of rotatable bonds is 12. The number of hydrogen-bond donors (Lipinski definition) is 2. The summed E-state index contributed by atoms with van der Waals surface area (Å²) in [5, 5.41) is 18.9. The number of sulfonamides is 1. The van der Waals surface area contributed by atoms with Crippen LogP contribution in [-0.4, -0.2) is 19.5 Å². The number of aliphatic carboxylic acids is 1. The highest BCUT2D eigenvalue weighted by Gasteiger charge is 2.18. The van der Waals surface area contributed by atoms with E-state index < -0.39 is 21.9 Å². The van der Waals surface area contributed by atoms with Gasteiger partial charge in [-0.3, -0.25) is 9.52 Å². The molecule has 0 bridgehead atoms. The predicted molar refractivity (Wildman–Crippen MR) is 157 cm³/mol. The first-order chi connectivity index (χ1) is 19.2. The molecule has 0 heterocycles. The Morgan fingerprint density at radius 1 is 0.850 bits per heavy atom. The van der Waals surface area contributed by atoms with E-state index in [4.69, 9.17) is 5.26 Å². The van der Waals surface area contributed by atoms with Crippen molar-refractivity contribution in [2.75, 3.05) is 4.72 Å². The molecule has 0 spiro atoms. The monoisotopic (exact) mass is 552 g/mol. The highest BCUT2D eigenvalue weighted by molar-refractivity contribution is 7.92. The zero-order valence-corrected chi connectivity index (χ0v) is 23.2. The zero-order valence-electron chi connectivity index (χ0n) is 22.4. The standard InChI is InChI=1S/C33H32N2O4S/c1-24-11-19-31(20-12-24)35-40(38,39)32-10-4-6-26(22-32)5-2-8-29(33(36)37)18-15-25-13-16-28(17-14-25)30-9-3-7-27(21-30)23-34/h3-4,6-7,9-14,16-17,19-22,29,35H,2,5,8,15,18H2,1H3,(H,36,37). The van der Waals surface area contributed by atoms with Crippen LogP contribution in [0.15, 0.2) is 102 Å². The molecule has 1 unspecified atom stereocenters. The van der Waals surface area contributed by atoms with E-state index in [2.05, 4.69) is 10.8 Å². The Bertz CT molecular complexity index is 1610. The molecule has 4 aromatic rings. The minimum absolute atomic E-state index is 0.183. The largest absolute Gasteiger partial charge is 0.481 e. The van der Waals surface area contributed by atoms with Gasteiger partial charge in [0, 0.05) is 5.69 Å². The summed E-state index contributed by atoms with van der Waals surface area (Å²) < 4.78 is 28.3. The maximum Gasteiger partial charge on any atom is 0.306 e. The van der Waals surface area contributed by atoms with Crippen LogP contribution in [0.3, 0.4) is 0 Å². The average molecular weight is 553 g/mol. The second-order valence-electron chi connectivity index (χ2n) is 9.97. The third-order valence-electron chi connectivity index (χ3n) is 6.94. The van der Waals surface area contributed by atoms with Gasteiger partial charge in [0.1, 0.15) is 0 Å². The first kappa shape index (κ1) is 28.6. The SMILES string of the molecule is Cc1ccc(NS(=O)(=O)c2cccc(CCCC(CCc3ccc(-c4cccc(C#N)c4)cc3)C(=O)O)c2)cc1. The van der Waals surface area contributed by atoms with Crippen molar-refractivity contribution in [2.45, 2.75) is 43.9 Å². The van der Waals surface area contributed by atoms with Gasteiger partial charge in [-0.05, 0) is 97.7 Å². The van der Waals surface area contributed by atoms with Crippen LogP contribution >= 0.6 is 0 Å². The molecule has 2 N–H and O–H groups in total. The Morgan fingerprint density at radius 3 is 2.27 bits per heavy atom. The maximum absolute atomic E-state index is 12.9. The van der Waals surface area contributed by atoms with E-state index in [1.807, 2.05) is 67.6 Å². The molecule has 0 aliphatic heterocycles. The molecule has 0 aliphatic rings. The third-order valence-corrected chi connectivity index (χ3v) is 8.32. The molecule has 6 nitrogen and oxygen atoms in total. The molecule has 7 heteroatoms. The number of carbonyl (C=O) groups is 1. The Kier molecular flexibility index (Phi) is 9.36. The topological polar surface area (TPSA) is 107 Å². The van der Waals surface area contributed by atoms with Gasteiger partial charge in [0.25, 0.3) is 10.0 Å². The fourth-order valence-corrected chi connectivity index (χ4v) is 5.75. The summed E-state index contributed by atoms with van der Waals surface area (Å²) in [6, 6.07) is 31.5. The van der Waals surface area contributed by atoms with Crippen molar-refractivity contribution in [3.8, 4) is 17.2 Å². The van der Waals surface area contributed by atoms with Crippen LogP contribution in [0.4, 0.5) is 5.69 Å². The van der Waals surface area contributed by atoms with E-state index >= 15 is 0 Å². The van der Waals surface area contributed by atoms with Crippen molar-refractivity contribution >= 4 is 21.7 Å². The van der Waals surface area contributed by atoms with E-state index in [1.165, 1.54) is 0 Å². The second kappa shape index (κ2) is 13.1. The number of hydrogen-bond acceptors (Lipinski definition) is 4. The van der Waals surface area contributed by atoms with Gasteiger partial charge in [0.05, 0.1) is 22.4 Å². The van der Waals surface area contributed by atoms with E-state index in [1.54, 1.807) is 36.4 Å².